The van der Waals surface area contributed by atoms with Gasteiger partial charge < -0.3 is 15.2 Å². The van der Waals surface area contributed by atoms with E-state index in [1.807, 2.05) is 6.92 Å². The van der Waals surface area contributed by atoms with Gasteiger partial charge in [-0.15, -0.1) is 0 Å². The van der Waals surface area contributed by atoms with Crippen LogP contribution in [-0.4, -0.2) is 54.6 Å². The van der Waals surface area contributed by atoms with Crippen LogP contribution in [0.4, 0.5) is 0 Å². The number of carbonyl (C=O) groups is 1. The van der Waals surface area contributed by atoms with Gasteiger partial charge in [-0.3, -0.25) is 9.69 Å². The maximum absolute atomic E-state index is 12.7. The van der Waals surface area contributed by atoms with Gasteiger partial charge >= 0.3 is 0 Å². The van der Waals surface area contributed by atoms with Crippen molar-refractivity contribution in [2.75, 3.05) is 32.8 Å². The lowest BCUT2D eigenvalue weighted by Crippen LogP contribution is -2.50. The second-order valence-electron chi connectivity index (χ2n) is 6.21. The highest BCUT2D eigenvalue weighted by molar-refractivity contribution is 6.02. The third-order valence-electron chi connectivity index (χ3n) is 3.90. The number of phenols is 1. The van der Waals surface area contributed by atoms with Crippen LogP contribution in [0.2, 0.25) is 0 Å². The molecule has 1 fully saturated rings. The van der Waals surface area contributed by atoms with Crippen LogP contribution in [0, 0.1) is 5.92 Å². The zero-order chi connectivity index (χ0) is 16.1. The standard InChI is InChI=1S/C17H26N2O3/c1-12(2)11-22-14-4-5-16(20)15(10-14)17(21)13(3)19-8-6-18-7-9-19/h4-5,10,12-13,18,20H,6-9,11H2,1-3H3. The zero-order valence-corrected chi connectivity index (χ0v) is 13.6. The molecule has 5 heteroatoms. The Kier molecular flexibility index (Phi) is 5.80. The average Bonchev–Trinajstić information content (AvgIpc) is 2.53. The summed E-state index contributed by atoms with van der Waals surface area (Å²) in [5, 5.41) is 13.3. The number of Topliss-reactive ketones (excluding diaryl/α,β-unsaturated/α-hetero) is 1. The van der Waals surface area contributed by atoms with E-state index in [2.05, 4.69) is 24.1 Å². The Morgan fingerprint density at radius 1 is 1.32 bits per heavy atom. The molecule has 2 rings (SSSR count). The Hall–Kier alpha value is -1.59. The molecule has 0 bridgehead atoms. The fraction of sp³-hybridized carbons (Fsp3) is 0.588. The van der Waals surface area contributed by atoms with Gasteiger partial charge in [-0.25, -0.2) is 0 Å². The number of hydrogen-bond donors (Lipinski definition) is 2. The van der Waals surface area contributed by atoms with Crippen molar-refractivity contribution in [2.45, 2.75) is 26.8 Å². The fourth-order valence-corrected chi connectivity index (χ4v) is 2.53. The molecule has 5 nitrogen and oxygen atoms in total. The number of hydrogen-bond acceptors (Lipinski definition) is 5. The molecule has 0 aliphatic carbocycles. The Morgan fingerprint density at radius 2 is 2.00 bits per heavy atom. The third-order valence-corrected chi connectivity index (χ3v) is 3.90. The molecule has 0 aromatic heterocycles. The van der Waals surface area contributed by atoms with Gasteiger partial charge in [0.25, 0.3) is 0 Å². The van der Waals surface area contributed by atoms with Crippen LogP contribution < -0.4 is 10.1 Å². The Morgan fingerprint density at radius 3 is 2.64 bits per heavy atom. The number of nitrogens with one attached hydrogen (secondary N) is 1. The van der Waals surface area contributed by atoms with Crippen LogP contribution in [0.25, 0.3) is 0 Å². The van der Waals surface area contributed by atoms with Crippen LogP contribution in [0.5, 0.6) is 11.5 Å². The summed E-state index contributed by atoms with van der Waals surface area (Å²) in [4.78, 5) is 14.8. The summed E-state index contributed by atoms with van der Waals surface area (Å²) in [6.45, 7) is 10.1. The largest absolute Gasteiger partial charge is 0.507 e. The lowest BCUT2D eigenvalue weighted by atomic mass is 10.0. The molecule has 1 aliphatic heterocycles. The van der Waals surface area contributed by atoms with Gasteiger partial charge in [0, 0.05) is 26.2 Å². The van der Waals surface area contributed by atoms with Gasteiger partial charge in [-0.2, -0.15) is 0 Å². The van der Waals surface area contributed by atoms with Crippen molar-refractivity contribution in [1.82, 2.24) is 10.2 Å². The molecule has 1 atom stereocenters. The first-order chi connectivity index (χ1) is 10.5. The summed E-state index contributed by atoms with van der Waals surface area (Å²) in [6.07, 6.45) is 0. The molecule has 122 valence electrons. The number of phenolic OH excluding ortho intramolecular Hbond substituents is 1. The summed E-state index contributed by atoms with van der Waals surface area (Å²) in [5.74, 6) is 0.994. The van der Waals surface area contributed by atoms with Crippen LogP contribution in [0.3, 0.4) is 0 Å². The highest BCUT2D eigenvalue weighted by atomic mass is 16.5. The summed E-state index contributed by atoms with van der Waals surface area (Å²) >= 11 is 0. The van der Waals surface area contributed by atoms with Crippen molar-refractivity contribution < 1.29 is 14.6 Å². The third kappa shape index (κ3) is 4.21. The maximum atomic E-state index is 12.7. The molecule has 0 spiro atoms. The molecule has 0 amide bonds. The summed E-state index contributed by atoms with van der Waals surface area (Å²) < 4.78 is 5.65. The molecule has 1 saturated heterocycles. The average molecular weight is 306 g/mol. The van der Waals surface area contributed by atoms with Gasteiger partial charge in [-0.1, -0.05) is 13.8 Å². The molecule has 0 radical (unpaired) electrons. The van der Waals surface area contributed by atoms with E-state index in [-0.39, 0.29) is 17.6 Å². The Labute approximate surface area is 132 Å². The van der Waals surface area contributed by atoms with Crippen molar-refractivity contribution in [2.24, 2.45) is 5.92 Å². The highest BCUT2D eigenvalue weighted by Crippen LogP contribution is 2.25. The molecule has 22 heavy (non-hydrogen) atoms. The molecule has 2 N–H and O–H groups in total. The first-order valence-corrected chi connectivity index (χ1v) is 7.94. The van der Waals surface area contributed by atoms with E-state index in [1.165, 1.54) is 6.07 Å². The van der Waals surface area contributed by atoms with Crippen molar-refractivity contribution in [3.63, 3.8) is 0 Å². The van der Waals surface area contributed by atoms with E-state index < -0.39 is 0 Å². The first kappa shape index (κ1) is 16.8. The SMILES string of the molecule is CC(C)COc1ccc(O)c(C(=O)C(C)N2CCNCC2)c1. The van der Waals surface area contributed by atoms with Gasteiger partial charge in [0.2, 0.25) is 0 Å². The summed E-state index contributed by atoms with van der Waals surface area (Å²) in [6, 6.07) is 4.64. The quantitative estimate of drug-likeness (QED) is 0.786. The van der Waals surface area contributed by atoms with Gasteiger partial charge in [-0.05, 0) is 31.0 Å². The normalized spacial score (nSPS) is 17.5. The van der Waals surface area contributed by atoms with Crippen LogP contribution >= 0.6 is 0 Å². The molecule has 0 saturated carbocycles. The Bertz CT molecular complexity index is 511. The Balaban J connectivity index is 2.11. The molecule has 1 aliphatic rings. The highest BCUT2D eigenvalue weighted by Gasteiger charge is 2.25. The van der Waals surface area contributed by atoms with E-state index in [1.54, 1.807) is 12.1 Å². The smallest absolute Gasteiger partial charge is 0.183 e. The molecule has 1 aromatic carbocycles. The predicted octanol–water partition coefficient (Wildman–Crippen LogP) is 1.90. The topological polar surface area (TPSA) is 61.8 Å². The van der Waals surface area contributed by atoms with E-state index in [4.69, 9.17) is 4.74 Å². The molecule has 1 heterocycles. The second-order valence-corrected chi connectivity index (χ2v) is 6.21. The zero-order valence-electron chi connectivity index (χ0n) is 13.6. The van der Waals surface area contributed by atoms with Crippen molar-refractivity contribution >= 4 is 5.78 Å². The van der Waals surface area contributed by atoms with Crippen molar-refractivity contribution in [3.05, 3.63) is 23.8 Å². The maximum Gasteiger partial charge on any atom is 0.183 e. The van der Waals surface area contributed by atoms with Gasteiger partial charge in [0.05, 0.1) is 18.2 Å². The number of ether oxygens (including phenoxy) is 1. The van der Waals surface area contributed by atoms with E-state index in [9.17, 15) is 9.90 Å². The number of benzene rings is 1. The molecule has 1 unspecified atom stereocenters. The van der Waals surface area contributed by atoms with E-state index >= 15 is 0 Å². The summed E-state index contributed by atoms with van der Waals surface area (Å²) in [7, 11) is 0. The fourth-order valence-electron chi connectivity index (χ4n) is 2.53. The number of carbonyl (C=O) groups excluding carboxylic acids is 1. The van der Waals surface area contributed by atoms with E-state index in [0.29, 0.717) is 23.8 Å². The number of aromatic hydroxyl groups is 1. The van der Waals surface area contributed by atoms with Gasteiger partial charge in [0.15, 0.2) is 5.78 Å². The molecular formula is C17H26N2O3. The molecule has 1 aromatic rings. The number of ketones is 1. The van der Waals surface area contributed by atoms with Crippen LogP contribution in [0.1, 0.15) is 31.1 Å². The number of piperazine rings is 1. The second kappa shape index (κ2) is 7.61. The minimum atomic E-state index is -0.242. The van der Waals surface area contributed by atoms with Crippen molar-refractivity contribution in [3.8, 4) is 11.5 Å². The van der Waals surface area contributed by atoms with Crippen LogP contribution in [-0.2, 0) is 0 Å². The summed E-state index contributed by atoms with van der Waals surface area (Å²) in [5.41, 5.74) is 0.340. The minimum Gasteiger partial charge on any atom is -0.507 e. The lowest BCUT2D eigenvalue weighted by Gasteiger charge is -2.32. The first-order valence-electron chi connectivity index (χ1n) is 7.94. The lowest BCUT2D eigenvalue weighted by molar-refractivity contribution is 0.0817. The predicted molar refractivity (Wildman–Crippen MR) is 86.7 cm³/mol. The number of nitrogens with zero attached hydrogens (tertiary/aromatic N) is 1. The minimum absolute atomic E-state index is 0.0175. The van der Waals surface area contributed by atoms with E-state index in [0.717, 1.165) is 26.2 Å². The molecular weight excluding hydrogens is 280 g/mol. The van der Waals surface area contributed by atoms with Gasteiger partial charge in [0.1, 0.15) is 11.5 Å². The van der Waals surface area contributed by atoms with Crippen molar-refractivity contribution in [1.29, 1.82) is 0 Å². The monoisotopic (exact) mass is 306 g/mol. The van der Waals surface area contributed by atoms with Crippen LogP contribution in [0.15, 0.2) is 18.2 Å². The number of rotatable bonds is 6.